The number of hydrogen-bond donors (Lipinski definition) is 1. The minimum atomic E-state index is 0.279. The van der Waals surface area contributed by atoms with Crippen LogP contribution in [0.1, 0.15) is 25.3 Å². The van der Waals surface area contributed by atoms with E-state index in [4.69, 9.17) is 10.00 Å². The van der Waals surface area contributed by atoms with Crippen molar-refractivity contribution < 1.29 is 4.74 Å². The number of nitrogens with zero attached hydrogens (tertiary/aromatic N) is 1. The van der Waals surface area contributed by atoms with E-state index in [2.05, 4.69) is 18.3 Å². The fourth-order valence-electron chi connectivity index (χ4n) is 1.99. The van der Waals surface area contributed by atoms with Crippen LogP contribution in [-0.4, -0.2) is 18.8 Å². The van der Waals surface area contributed by atoms with Crippen molar-refractivity contribution in [1.82, 2.24) is 0 Å². The van der Waals surface area contributed by atoms with Crippen LogP contribution in [0.15, 0.2) is 24.3 Å². The fraction of sp³-hybridized carbons (Fsp3) is 0.462. The smallest absolute Gasteiger partial charge is 0.101 e. The van der Waals surface area contributed by atoms with Crippen LogP contribution in [0, 0.1) is 11.3 Å². The second-order valence-electron chi connectivity index (χ2n) is 4.18. The van der Waals surface area contributed by atoms with Gasteiger partial charge in [-0.2, -0.15) is 5.26 Å². The van der Waals surface area contributed by atoms with Gasteiger partial charge in [0.25, 0.3) is 0 Å². The van der Waals surface area contributed by atoms with Crippen molar-refractivity contribution in [3.05, 3.63) is 29.8 Å². The molecule has 1 aliphatic rings. The number of anilines is 1. The Morgan fingerprint density at radius 1 is 1.44 bits per heavy atom. The third kappa shape index (κ3) is 2.53. The van der Waals surface area contributed by atoms with Crippen molar-refractivity contribution in [2.75, 3.05) is 11.9 Å². The van der Waals surface area contributed by atoms with E-state index in [9.17, 15) is 0 Å². The van der Waals surface area contributed by atoms with Crippen LogP contribution in [-0.2, 0) is 4.74 Å². The maximum Gasteiger partial charge on any atom is 0.101 e. The summed E-state index contributed by atoms with van der Waals surface area (Å²) in [6.45, 7) is 2.88. The van der Waals surface area contributed by atoms with Crippen molar-refractivity contribution >= 4 is 5.69 Å². The molecule has 84 valence electrons. The predicted octanol–water partition coefficient (Wildman–Crippen LogP) is 2.54. The molecule has 0 spiro atoms. The SMILES string of the molecule is CC1CCC(CNc2ccccc2C#N)O1. The summed E-state index contributed by atoms with van der Waals surface area (Å²) in [5.74, 6) is 0. The molecule has 2 atom stereocenters. The van der Waals surface area contributed by atoms with Gasteiger partial charge in [-0.25, -0.2) is 0 Å². The second kappa shape index (κ2) is 5.00. The van der Waals surface area contributed by atoms with Crippen molar-refractivity contribution in [3.8, 4) is 6.07 Å². The molecule has 1 aliphatic heterocycles. The van der Waals surface area contributed by atoms with Gasteiger partial charge in [-0.05, 0) is 31.9 Å². The highest BCUT2D eigenvalue weighted by Crippen LogP contribution is 2.20. The summed E-state index contributed by atoms with van der Waals surface area (Å²) >= 11 is 0. The standard InChI is InChI=1S/C13H16N2O/c1-10-6-7-12(16-10)9-15-13-5-3-2-4-11(13)8-14/h2-5,10,12,15H,6-7,9H2,1H3. The van der Waals surface area contributed by atoms with Gasteiger partial charge >= 0.3 is 0 Å². The van der Waals surface area contributed by atoms with Crippen LogP contribution >= 0.6 is 0 Å². The second-order valence-corrected chi connectivity index (χ2v) is 4.18. The first-order valence-electron chi connectivity index (χ1n) is 5.68. The van der Waals surface area contributed by atoms with Gasteiger partial charge in [-0.1, -0.05) is 12.1 Å². The zero-order chi connectivity index (χ0) is 11.4. The summed E-state index contributed by atoms with van der Waals surface area (Å²) in [4.78, 5) is 0. The molecule has 2 unspecified atom stereocenters. The first-order chi connectivity index (χ1) is 7.79. The number of para-hydroxylation sites is 1. The highest BCUT2D eigenvalue weighted by Gasteiger charge is 2.21. The van der Waals surface area contributed by atoms with Gasteiger partial charge in [0.1, 0.15) is 6.07 Å². The van der Waals surface area contributed by atoms with Gasteiger partial charge in [0.05, 0.1) is 23.5 Å². The third-order valence-corrected chi connectivity index (χ3v) is 2.89. The van der Waals surface area contributed by atoms with Crippen molar-refractivity contribution in [2.45, 2.75) is 32.0 Å². The number of nitriles is 1. The summed E-state index contributed by atoms with van der Waals surface area (Å²) in [7, 11) is 0. The summed E-state index contributed by atoms with van der Waals surface area (Å²) in [6, 6.07) is 9.73. The van der Waals surface area contributed by atoms with E-state index >= 15 is 0 Å². The lowest BCUT2D eigenvalue weighted by Crippen LogP contribution is -2.20. The number of rotatable bonds is 3. The number of nitrogens with one attached hydrogen (secondary N) is 1. The molecule has 16 heavy (non-hydrogen) atoms. The minimum absolute atomic E-state index is 0.279. The molecule has 2 rings (SSSR count). The molecule has 1 aromatic carbocycles. The van der Waals surface area contributed by atoms with E-state index in [-0.39, 0.29) is 6.10 Å². The number of hydrogen-bond acceptors (Lipinski definition) is 3. The Kier molecular flexibility index (Phi) is 3.43. The number of ether oxygens (including phenoxy) is 1. The van der Waals surface area contributed by atoms with E-state index in [1.807, 2.05) is 24.3 Å². The lowest BCUT2D eigenvalue weighted by molar-refractivity contribution is 0.0637. The van der Waals surface area contributed by atoms with Crippen molar-refractivity contribution in [3.63, 3.8) is 0 Å². The van der Waals surface area contributed by atoms with Crippen LogP contribution in [0.25, 0.3) is 0 Å². The van der Waals surface area contributed by atoms with E-state index in [0.717, 1.165) is 25.1 Å². The highest BCUT2D eigenvalue weighted by atomic mass is 16.5. The van der Waals surface area contributed by atoms with Gasteiger partial charge in [-0.15, -0.1) is 0 Å². The maximum absolute atomic E-state index is 8.93. The summed E-state index contributed by atoms with van der Waals surface area (Å²) in [6.07, 6.45) is 2.88. The Balaban J connectivity index is 1.92. The first-order valence-corrected chi connectivity index (χ1v) is 5.68. The Bertz CT molecular complexity index is 397. The largest absolute Gasteiger partial charge is 0.381 e. The van der Waals surface area contributed by atoms with E-state index in [1.165, 1.54) is 0 Å². The summed E-state index contributed by atoms with van der Waals surface area (Å²) < 4.78 is 5.71. The molecule has 1 aromatic rings. The van der Waals surface area contributed by atoms with Crippen LogP contribution in [0.3, 0.4) is 0 Å². The fourth-order valence-corrected chi connectivity index (χ4v) is 1.99. The van der Waals surface area contributed by atoms with Gasteiger partial charge in [0, 0.05) is 6.54 Å². The Morgan fingerprint density at radius 2 is 2.25 bits per heavy atom. The Morgan fingerprint density at radius 3 is 2.94 bits per heavy atom. The molecule has 1 N–H and O–H groups in total. The van der Waals surface area contributed by atoms with Crippen molar-refractivity contribution in [2.24, 2.45) is 0 Å². The van der Waals surface area contributed by atoms with Crippen molar-refractivity contribution in [1.29, 1.82) is 5.26 Å². The lowest BCUT2D eigenvalue weighted by atomic mass is 10.1. The molecule has 0 radical (unpaired) electrons. The zero-order valence-corrected chi connectivity index (χ0v) is 9.44. The van der Waals surface area contributed by atoms with E-state index < -0.39 is 0 Å². The molecular formula is C13H16N2O. The molecule has 0 aromatic heterocycles. The summed E-state index contributed by atoms with van der Waals surface area (Å²) in [5.41, 5.74) is 1.58. The topological polar surface area (TPSA) is 45.0 Å². The van der Waals surface area contributed by atoms with E-state index in [0.29, 0.717) is 11.7 Å². The van der Waals surface area contributed by atoms with Gasteiger partial charge in [-0.3, -0.25) is 0 Å². The van der Waals surface area contributed by atoms with Gasteiger partial charge in [0.15, 0.2) is 0 Å². The quantitative estimate of drug-likeness (QED) is 0.844. The average Bonchev–Trinajstić information content (AvgIpc) is 2.73. The first kappa shape index (κ1) is 11.0. The predicted molar refractivity (Wildman–Crippen MR) is 63.2 cm³/mol. The molecule has 1 saturated heterocycles. The lowest BCUT2D eigenvalue weighted by Gasteiger charge is -2.13. The Labute approximate surface area is 96.0 Å². The van der Waals surface area contributed by atoms with Crippen LogP contribution < -0.4 is 5.32 Å². The molecule has 0 aliphatic carbocycles. The van der Waals surface area contributed by atoms with E-state index in [1.54, 1.807) is 0 Å². The summed E-state index contributed by atoms with van der Waals surface area (Å²) in [5, 5.41) is 12.2. The molecule has 0 bridgehead atoms. The normalized spacial score (nSPS) is 24.0. The van der Waals surface area contributed by atoms with Crippen LogP contribution in [0.5, 0.6) is 0 Å². The molecule has 0 saturated carbocycles. The molecule has 1 fully saturated rings. The molecule has 1 heterocycles. The highest BCUT2D eigenvalue weighted by molar-refractivity contribution is 5.57. The third-order valence-electron chi connectivity index (χ3n) is 2.89. The molecule has 3 heteroatoms. The van der Waals surface area contributed by atoms with Gasteiger partial charge < -0.3 is 10.1 Å². The molecular weight excluding hydrogens is 200 g/mol. The van der Waals surface area contributed by atoms with Crippen LogP contribution in [0.4, 0.5) is 5.69 Å². The maximum atomic E-state index is 8.93. The van der Waals surface area contributed by atoms with Crippen LogP contribution in [0.2, 0.25) is 0 Å². The Hall–Kier alpha value is -1.53. The monoisotopic (exact) mass is 216 g/mol. The molecule has 3 nitrogen and oxygen atoms in total. The van der Waals surface area contributed by atoms with Gasteiger partial charge in [0.2, 0.25) is 0 Å². The molecule has 0 amide bonds. The minimum Gasteiger partial charge on any atom is -0.381 e. The number of benzene rings is 1. The average molecular weight is 216 g/mol. The zero-order valence-electron chi connectivity index (χ0n) is 9.44.